The van der Waals surface area contributed by atoms with Gasteiger partial charge in [-0.05, 0) is 62.1 Å². The maximum absolute atomic E-state index is 4.69. The highest BCUT2D eigenvalue weighted by Crippen LogP contribution is 2.37. The maximum Gasteiger partial charge on any atom is 0.129 e. The Morgan fingerprint density at radius 2 is 1.95 bits per heavy atom. The fourth-order valence-corrected chi connectivity index (χ4v) is 4.19. The summed E-state index contributed by atoms with van der Waals surface area (Å²) < 4.78 is 0. The molecule has 1 N–H and O–H groups in total. The van der Waals surface area contributed by atoms with Crippen molar-refractivity contribution in [1.29, 1.82) is 0 Å². The molecule has 2 aliphatic carbocycles. The first-order chi connectivity index (χ1) is 10.4. The number of anilines is 1. The molecule has 2 heterocycles. The molecule has 0 aromatic carbocycles. The van der Waals surface area contributed by atoms with Crippen molar-refractivity contribution in [2.45, 2.75) is 70.0 Å². The third-order valence-electron chi connectivity index (χ3n) is 5.52. The highest BCUT2D eigenvalue weighted by molar-refractivity contribution is 5.43. The number of aromatic nitrogens is 1. The molecule has 114 valence electrons. The second-order valence-electron chi connectivity index (χ2n) is 7.12. The first kappa shape index (κ1) is 13.6. The van der Waals surface area contributed by atoms with Crippen molar-refractivity contribution in [2.24, 2.45) is 5.92 Å². The van der Waals surface area contributed by atoms with E-state index in [1.807, 2.05) is 6.20 Å². The molecule has 1 aliphatic heterocycles. The van der Waals surface area contributed by atoms with Gasteiger partial charge in [-0.3, -0.25) is 0 Å². The van der Waals surface area contributed by atoms with Gasteiger partial charge >= 0.3 is 0 Å². The number of nitrogens with zero attached hydrogens (tertiary/aromatic N) is 2. The van der Waals surface area contributed by atoms with Crippen LogP contribution < -0.4 is 10.2 Å². The summed E-state index contributed by atoms with van der Waals surface area (Å²) in [7, 11) is 0. The predicted octanol–water partition coefficient (Wildman–Crippen LogP) is 3.49. The number of hydrogen-bond acceptors (Lipinski definition) is 3. The standard InChI is InChI=1S/C18H27N3/c1-2-6-17-15(4-1)5-3-11-21(17)18-12-14(9-10-19-18)13-20-16-7-8-16/h9-10,12,15-17,20H,1-8,11,13H2/t15-,17-/m1/s1. The molecule has 0 unspecified atom stereocenters. The van der Waals surface area contributed by atoms with Crippen LogP contribution in [0.4, 0.5) is 5.82 Å². The molecule has 3 aliphatic rings. The SMILES string of the molecule is c1cc(CNC2CC2)cc(N2CCC[C@H]3CCCC[C@H]32)n1. The summed E-state index contributed by atoms with van der Waals surface area (Å²) in [6.45, 7) is 2.20. The lowest BCUT2D eigenvalue weighted by molar-refractivity contribution is 0.242. The fraction of sp³-hybridized carbons (Fsp3) is 0.722. The molecule has 21 heavy (non-hydrogen) atoms. The van der Waals surface area contributed by atoms with Gasteiger partial charge in [-0.1, -0.05) is 12.8 Å². The van der Waals surface area contributed by atoms with Crippen molar-refractivity contribution in [1.82, 2.24) is 10.3 Å². The molecule has 1 aromatic heterocycles. The molecule has 3 heteroatoms. The van der Waals surface area contributed by atoms with Crippen molar-refractivity contribution in [3.8, 4) is 0 Å². The Kier molecular flexibility index (Phi) is 3.85. The van der Waals surface area contributed by atoms with Crippen LogP contribution in [0.15, 0.2) is 18.3 Å². The van der Waals surface area contributed by atoms with Crippen LogP contribution in [0.5, 0.6) is 0 Å². The van der Waals surface area contributed by atoms with Crippen LogP contribution in [0.2, 0.25) is 0 Å². The van der Waals surface area contributed by atoms with Gasteiger partial charge in [0.15, 0.2) is 0 Å². The van der Waals surface area contributed by atoms with Crippen molar-refractivity contribution in [3.63, 3.8) is 0 Å². The number of rotatable bonds is 4. The fourth-order valence-electron chi connectivity index (χ4n) is 4.19. The van der Waals surface area contributed by atoms with Gasteiger partial charge < -0.3 is 10.2 Å². The summed E-state index contributed by atoms with van der Waals surface area (Å²) in [5.74, 6) is 2.14. The van der Waals surface area contributed by atoms with E-state index in [2.05, 4.69) is 22.3 Å². The van der Waals surface area contributed by atoms with E-state index < -0.39 is 0 Å². The van der Waals surface area contributed by atoms with E-state index in [4.69, 9.17) is 4.98 Å². The first-order valence-electron chi connectivity index (χ1n) is 8.85. The van der Waals surface area contributed by atoms with Crippen LogP contribution in [0.3, 0.4) is 0 Å². The Balaban J connectivity index is 1.49. The Bertz CT molecular complexity index is 481. The quantitative estimate of drug-likeness (QED) is 0.918. The lowest BCUT2D eigenvalue weighted by atomic mass is 9.78. The first-order valence-corrected chi connectivity index (χ1v) is 8.85. The summed E-state index contributed by atoms with van der Waals surface area (Å²) in [4.78, 5) is 7.31. The van der Waals surface area contributed by atoms with Crippen LogP contribution in [-0.4, -0.2) is 23.6 Å². The summed E-state index contributed by atoms with van der Waals surface area (Å²) in [5, 5.41) is 3.61. The molecule has 4 rings (SSSR count). The van der Waals surface area contributed by atoms with Gasteiger partial charge in [0.2, 0.25) is 0 Å². The third-order valence-corrected chi connectivity index (χ3v) is 5.52. The van der Waals surface area contributed by atoms with Gasteiger partial charge in [0.25, 0.3) is 0 Å². The van der Waals surface area contributed by atoms with Gasteiger partial charge in [0.1, 0.15) is 5.82 Å². The summed E-state index contributed by atoms with van der Waals surface area (Å²) in [5.41, 5.74) is 1.39. The summed E-state index contributed by atoms with van der Waals surface area (Å²) >= 11 is 0. The van der Waals surface area contributed by atoms with E-state index in [-0.39, 0.29) is 0 Å². The Hall–Kier alpha value is -1.09. The van der Waals surface area contributed by atoms with Crippen LogP contribution in [0, 0.1) is 5.92 Å². The zero-order chi connectivity index (χ0) is 14.1. The van der Waals surface area contributed by atoms with Gasteiger partial charge in [-0.25, -0.2) is 4.98 Å². The number of piperidine rings is 1. The molecule has 1 aromatic rings. The molecule has 1 saturated heterocycles. The number of fused-ring (bicyclic) bond motifs is 1. The van der Waals surface area contributed by atoms with E-state index in [1.54, 1.807) is 0 Å². The number of hydrogen-bond donors (Lipinski definition) is 1. The average molecular weight is 285 g/mol. The normalized spacial score (nSPS) is 29.2. The minimum absolute atomic E-state index is 0.756. The van der Waals surface area contributed by atoms with Crippen LogP contribution in [0.1, 0.15) is 56.9 Å². The third kappa shape index (κ3) is 3.08. The number of pyridine rings is 1. The molecular weight excluding hydrogens is 258 g/mol. The summed E-state index contributed by atoms with van der Waals surface area (Å²) in [6, 6.07) is 6.03. The van der Waals surface area contributed by atoms with E-state index >= 15 is 0 Å². The molecule has 0 bridgehead atoms. The van der Waals surface area contributed by atoms with Gasteiger partial charge in [-0.2, -0.15) is 0 Å². The smallest absolute Gasteiger partial charge is 0.129 e. The van der Waals surface area contributed by atoms with Crippen LogP contribution in [0.25, 0.3) is 0 Å². The van der Waals surface area contributed by atoms with Crippen LogP contribution in [-0.2, 0) is 6.54 Å². The molecule has 2 saturated carbocycles. The highest BCUT2D eigenvalue weighted by atomic mass is 15.2. The Morgan fingerprint density at radius 1 is 1.10 bits per heavy atom. The van der Waals surface area contributed by atoms with Gasteiger partial charge in [0, 0.05) is 31.4 Å². The van der Waals surface area contributed by atoms with Gasteiger partial charge in [0.05, 0.1) is 0 Å². The lowest BCUT2D eigenvalue weighted by Crippen LogP contribution is -2.47. The molecule has 0 radical (unpaired) electrons. The minimum Gasteiger partial charge on any atom is -0.353 e. The molecule has 0 amide bonds. The zero-order valence-electron chi connectivity index (χ0n) is 12.9. The van der Waals surface area contributed by atoms with Crippen molar-refractivity contribution >= 4 is 5.82 Å². The van der Waals surface area contributed by atoms with Crippen molar-refractivity contribution in [3.05, 3.63) is 23.9 Å². The second kappa shape index (κ2) is 5.96. The molecule has 3 nitrogen and oxygen atoms in total. The van der Waals surface area contributed by atoms with Crippen molar-refractivity contribution < 1.29 is 0 Å². The Labute approximate surface area is 128 Å². The number of nitrogens with one attached hydrogen (secondary N) is 1. The van der Waals surface area contributed by atoms with Crippen LogP contribution >= 0.6 is 0 Å². The monoisotopic (exact) mass is 285 g/mol. The molecule has 2 atom stereocenters. The van der Waals surface area contributed by atoms with Gasteiger partial charge in [-0.15, -0.1) is 0 Å². The maximum atomic E-state index is 4.69. The minimum atomic E-state index is 0.756. The molecular formula is C18H27N3. The summed E-state index contributed by atoms with van der Waals surface area (Å²) in [6.07, 6.45) is 13.1. The lowest BCUT2D eigenvalue weighted by Gasteiger charge is -2.44. The van der Waals surface area contributed by atoms with E-state index in [0.29, 0.717) is 0 Å². The van der Waals surface area contributed by atoms with E-state index in [9.17, 15) is 0 Å². The second-order valence-corrected chi connectivity index (χ2v) is 7.12. The Morgan fingerprint density at radius 3 is 2.86 bits per heavy atom. The van der Waals surface area contributed by atoms with Crippen molar-refractivity contribution in [2.75, 3.05) is 11.4 Å². The zero-order valence-corrected chi connectivity index (χ0v) is 12.9. The predicted molar refractivity (Wildman–Crippen MR) is 86.4 cm³/mol. The van der Waals surface area contributed by atoms with E-state index in [0.717, 1.165) is 24.5 Å². The largest absolute Gasteiger partial charge is 0.353 e. The molecule has 0 spiro atoms. The average Bonchev–Trinajstić information content (AvgIpc) is 3.37. The topological polar surface area (TPSA) is 28.2 Å². The molecule has 3 fully saturated rings. The van der Waals surface area contributed by atoms with E-state index in [1.165, 1.54) is 69.3 Å². The highest BCUT2D eigenvalue weighted by Gasteiger charge is 2.33.